The summed E-state index contributed by atoms with van der Waals surface area (Å²) in [6.45, 7) is 5.47. The van der Waals surface area contributed by atoms with E-state index in [1.54, 1.807) is 19.1 Å². The number of aromatic nitrogens is 2. The molecular formula is C16H25ClN4O2. The van der Waals surface area contributed by atoms with E-state index in [1.165, 1.54) is 6.20 Å². The SMILES string of the molecule is CO[C@H]1C[C@@H](CN(C)C(=O)c2nc(C(C)C)ncc2Cl)N(C)C1. The van der Waals surface area contributed by atoms with E-state index in [0.29, 0.717) is 17.4 Å². The maximum Gasteiger partial charge on any atom is 0.273 e. The first-order valence-corrected chi connectivity index (χ1v) is 8.22. The summed E-state index contributed by atoms with van der Waals surface area (Å²) in [7, 11) is 5.56. The molecule has 7 heteroatoms. The van der Waals surface area contributed by atoms with Gasteiger partial charge in [0.25, 0.3) is 5.91 Å². The van der Waals surface area contributed by atoms with Crippen molar-refractivity contribution in [1.82, 2.24) is 19.8 Å². The molecule has 0 N–H and O–H groups in total. The molecule has 0 saturated carbocycles. The molecule has 0 radical (unpaired) electrons. The van der Waals surface area contributed by atoms with Crippen molar-refractivity contribution in [2.45, 2.75) is 38.3 Å². The fourth-order valence-corrected chi connectivity index (χ4v) is 2.97. The predicted molar refractivity (Wildman–Crippen MR) is 89.9 cm³/mol. The zero-order valence-electron chi connectivity index (χ0n) is 14.4. The van der Waals surface area contributed by atoms with Crippen LogP contribution in [0, 0.1) is 0 Å². The lowest BCUT2D eigenvalue weighted by Crippen LogP contribution is -2.40. The van der Waals surface area contributed by atoms with Gasteiger partial charge in [-0.25, -0.2) is 9.97 Å². The molecule has 0 spiro atoms. The van der Waals surface area contributed by atoms with Gasteiger partial charge in [0.05, 0.1) is 17.3 Å². The summed E-state index contributed by atoms with van der Waals surface area (Å²) in [4.78, 5) is 25.1. The van der Waals surface area contributed by atoms with Gasteiger partial charge in [-0.15, -0.1) is 0 Å². The summed E-state index contributed by atoms with van der Waals surface area (Å²) in [5.74, 6) is 0.602. The van der Waals surface area contributed by atoms with Crippen molar-refractivity contribution in [1.29, 1.82) is 0 Å². The molecule has 2 rings (SSSR count). The van der Waals surface area contributed by atoms with E-state index < -0.39 is 0 Å². The Bertz CT molecular complexity index is 567. The normalized spacial score (nSPS) is 21.9. The van der Waals surface area contributed by atoms with Crippen LogP contribution in [0.15, 0.2) is 6.20 Å². The summed E-state index contributed by atoms with van der Waals surface area (Å²) in [6.07, 6.45) is 2.65. The Labute approximate surface area is 142 Å². The number of hydrogen-bond acceptors (Lipinski definition) is 5. The molecule has 0 aliphatic carbocycles. The minimum atomic E-state index is -0.173. The second kappa shape index (κ2) is 7.55. The molecule has 2 heterocycles. The number of likely N-dealkylation sites (N-methyl/N-ethyl adjacent to an activating group) is 2. The van der Waals surface area contributed by atoms with Crippen LogP contribution in [0.1, 0.15) is 42.5 Å². The lowest BCUT2D eigenvalue weighted by atomic mass is 10.1. The quantitative estimate of drug-likeness (QED) is 0.821. The van der Waals surface area contributed by atoms with Crippen LogP contribution in [0.4, 0.5) is 0 Å². The Morgan fingerprint density at radius 3 is 2.83 bits per heavy atom. The van der Waals surface area contributed by atoms with E-state index in [9.17, 15) is 4.79 Å². The average Bonchev–Trinajstić information content (AvgIpc) is 2.87. The molecule has 1 aliphatic rings. The zero-order valence-corrected chi connectivity index (χ0v) is 15.2. The molecule has 23 heavy (non-hydrogen) atoms. The minimum Gasteiger partial charge on any atom is -0.380 e. The van der Waals surface area contributed by atoms with Crippen LogP contribution in [0.5, 0.6) is 0 Å². The van der Waals surface area contributed by atoms with Gasteiger partial charge >= 0.3 is 0 Å². The first-order chi connectivity index (χ1) is 10.8. The largest absolute Gasteiger partial charge is 0.380 e. The van der Waals surface area contributed by atoms with Crippen molar-refractivity contribution >= 4 is 17.5 Å². The molecule has 1 aromatic rings. The summed E-state index contributed by atoms with van der Waals surface area (Å²) in [5, 5.41) is 0.292. The summed E-state index contributed by atoms with van der Waals surface area (Å²) in [6, 6.07) is 0.277. The molecule has 0 aromatic carbocycles. The van der Waals surface area contributed by atoms with Crippen LogP contribution < -0.4 is 0 Å². The maximum absolute atomic E-state index is 12.7. The molecule has 1 amide bonds. The molecule has 2 atom stereocenters. The highest BCUT2D eigenvalue weighted by atomic mass is 35.5. The van der Waals surface area contributed by atoms with E-state index in [2.05, 4.69) is 21.9 Å². The third-order valence-corrected chi connectivity index (χ3v) is 4.57. The fraction of sp³-hybridized carbons (Fsp3) is 0.688. The van der Waals surface area contributed by atoms with Gasteiger partial charge in [0.2, 0.25) is 0 Å². The maximum atomic E-state index is 12.7. The van der Waals surface area contributed by atoms with Crippen LogP contribution >= 0.6 is 11.6 Å². The van der Waals surface area contributed by atoms with E-state index in [-0.39, 0.29) is 29.7 Å². The van der Waals surface area contributed by atoms with Gasteiger partial charge in [-0.1, -0.05) is 25.4 Å². The van der Waals surface area contributed by atoms with Gasteiger partial charge in [-0.3, -0.25) is 9.69 Å². The molecule has 1 aliphatic heterocycles. The molecule has 1 saturated heterocycles. The number of carbonyl (C=O) groups excluding carboxylic acids is 1. The summed E-state index contributed by atoms with van der Waals surface area (Å²) in [5.41, 5.74) is 0.275. The Morgan fingerprint density at radius 1 is 1.57 bits per heavy atom. The molecule has 0 unspecified atom stereocenters. The van der Waals surface area contributed by atoms with Crippen molar-refractivity contribution in [3.05, 3.63) is 22.7 Å². The van der Waals surface area contributed by atoms with Gasteiger partial charge < -0.3 is 9.64 Å². The first-order valence-electron chi connectivity index (χ1n) is 7.84. The second-order valence-corrected chi connectivity index (χ2v) is 6.86. The highest BCUT2D eigenvalue weighted by Crippen LogP contribution is 2.21. The highest BCUT2D eigenvalue weighted by Gasteiger charge is 2.31. The molecule has 1 aromatic heterocycles. The number of methoxy groups -OCH3 is 1. The van der Waals surface area contributed by atoms with Crippen LogP contribution in [-0.4, -0.2) is 72.1 Å². The predicted octanol–water partition coefficient (Wildman–Crippen LogP) is 2.04. The second-order valence-electron chi connectivity index (χ2n) is 6.45. The molecule has 0 bridgehead atoms. The van der Waals surface area contributed by atoms with Crippen molar-refractivity contribution in [3.8, 4) is 0 Å². The molecule has 6 nitrogen and oxygen atoms in total. The van der Waals surface area contributed by atoms with E-state index in [1.807, 2.05) is 13.8 Å². The lowest BCUT2D eigenvalue weighted by Gasteiger charge is -2.25. The highest BCUT2D eigenvalue weighted by molar-refractivity contribution is 6.33. The van der Waals surface area contributed by atoms with Gasteiger partial charge in [0.15, 0.2) is 5.69 Å². The van der Waals surface area contributed by atoms with Crippen molar-refractivity contribution in [3.63, 3.8) is 0 Å². The number of halogens is 1. The van der Waals surface area contributed by atoms with Gasteiger partial charge in [-0.2, -0.15) is 0 Å². The molecule has 128 valence electrons. The van der Waals surface area contributed by atoms with Gasteiger partial charge in [0.1, 0.15) is 5.82 Å². The number of hydrogen-bond donors (Lipinski definition) is 0. The van der Waals surface area contributed by atoms with E-state index in [0.717, 1.165) is 13.0 Å². The van der Waals surface area contributed by atoms with Crippen LogP contribution in [0.3, 0.4) is 0 Å². The summed E-state index contributed by atoms with van der Waals surface area (Å²) < 4.78 is 5.41. The summed E-state index contributed by atoms with van der Waals surface area (Å²) >= 11 is 6.13. The smallest absolute Gasteiger partial charge is 0.273 e. The Kier molecular flexibility index (Phi) is 5.95. The minimum absolute atomic E-state index is 0.146. The third-order valence-electron chi connectivity index (χ3n) is 4.30. The topological polar surface area (TPSA) is 58.6 Å². The number of nitrogens with zero attached hydrogens (tertiary/aromatic N) is 4. The van der Waals surface area contributed by atoms with E-state index >= 15 is 0 Å². The van der Waals surface area contributed by atoms with Gasteiger partial charge in [-0.05, 0) is 13.5 Å². The molecule has 1 fully saturated rings. The fourth-order valence-electron chi connectivity index (χ4n) is 2.80. The Balaban J connectivity index is 2.09. The zero-order chi connectivity index (χ0) is 17.1. The number of amides is 1. The van der Waals surface area contributed by atoms with Crippen molar-refractivity contribution < 1.29 is 9.53 Å². The van der Waals surface area contributed by atoms with Crippen LogP contribution in [0.25, 0.3) is 0 Å². The van der Waals surface area contributed by atoms with Crippen LogP contribution in [-0.2, 0) is 4.74 Å². The first kappa shape index (κ1) is 18.1. The Hall–Kier alpha value is -1.24. The number of likely N-dealkylation sites (tertiary alicyclic amines) is 1. The number of carbonyl (C=O) groups is 1. The van der Waals surface area contributed by atoms with E-state index in [4.69, 9.17) is 16.3 Å². The van der Waals surface area contributed by atoms with Crippen molar-refractivity contribution in [2.75, 3.05) is 34.3 Å². The lowest BCUT2D eigenvalue weighted by molar-refractivity contribution is 0.0754. The number of ether oxygens (including phenoxy) is 1. The third kappa shape index (κ3) is 4.19. The molecular weight excluding hydrogens is 316 g/mol. The van der Waals surface area contributed by atoms with Gasteiger partial charge in [0, 0.05) is 39.2 Å². The Morgan fingerprint density at radius 2 is 2.26 bits per heavy atom. The standard InChI is InChI=1S/C16H25ClN4O2/c1-10(2)15-18-7-13(17)14(19-15)16(22)21(4)8-11-6-12(23-5)9-20(11)3/h7,10-12H,6,8-9H2,1-5H3/t11-,12-/m0/s1. The van der Waals surface area contributed by atoms with Crippen LogP contribution in [0.2, 0.25) is 5.02 Å². The average molecular weight is 341 g/mol. The van der Waals surface area contributed by atoms with Crippen molar-refractivity contribution in [2.24, 2.45) is 0 Å². The monoisotopic (exact) mass is 340 g/mol. The number of rotatable bonds is 5.